The van der Waals surface area contributed by atoms with Crippen molar-refractivity contribution in [2.75, 3.05) is 13.1 Å². The molecule has 0 bridgehead atoms. The van der Waals surface area contributed by atoms with Crippen LogP contribution >= 0.6 is 0 Å². The van der Waals surface area contributed by atoms with Crippen molar-refractivity contribution in [1.29, 1.82) is 0 Å². The van der Waals surface area contributed by atoms with Gasteiger partial charge in [0.05, 0.1) is 4.92 Å². The third-order valence-electron chi connectivity index (χ3n) is 5.48. The second-order valence-corrected chi connectivity index (χ2v) is 7.67. The van der Waals surface area contributed by atoms with Gasteiger partial charge in [-0.3, -0.25) is 14.9 Å². The zero-order chi connectivity index (χ0) is 22.2. The van der Waals surface area contributed by atoms with Crippen molar-refractivity contribution in [3.8, 4) is 0 Å². The number of alkyl halides is 1. The molecule has 2 atom stereocenters. The maximum Gasteiger partial charge on any atom is 0.410 e. The van der Waals surface area contributed by atoms with Crippen LogP contribution in [-0.4, -0.2) is 41.0 Å². The summed E-state index contributed by atoms with van der Waals surface area (Å²) < 4.78 is 20.0. The fourth-order valence-corrected chi connectivity index (χ4v) is 3.68. The van der Waals surface area contributed by atoms with Crippen LogP contribution in [0.4, 0.5) is 14.9 Å². The first-order valence-corrected chi connectivity index (χ1v) is 10.3. The Hall–Kier alpha value is -3.29. The lowest BCUT2D eigenvalue weighted by Gasteiger charge is -2.25. The van der Waals surface area contributed by atoms with Crippen LogP contribution in [0.25, 0.3) is 0 Å². The molecule has 8 heteroatoms. The Morgan fingerprint density at radius 3 is 2.52 bits per heavy atom. The number of ether oxygens (including phenoxy) is 1. The van der Waals surface area contributed by atoms with Crippen molar-refractivity contribution >= 4 is 17.6 Å². The summed E-state index contributed by atoms with van der Waals surface area (Å²) >= 11 is 0. The number of nitrogens with zero attached hydrogens (tertiary/aromatic N) is 2. The number of amides is 1. The Bertz CT molecular complexity index is 904. The molecular weight excluding hydrogens is 403 g/mol. The first kappa shape index (κ1) is 22.4. The number of non-ortho nitro benzene ring substituents is 1. The SMILES string of the molecule is O=C(CC[C@H]1CN(C(=O)OCc2ccccc2)CCC[C@H]1F)c1ccc([N+](=O)[O-])cc1. The number of Topliss-reactive ketones (excluding diaryl/α,β-unsaturated/α-hetero) is 1. The van der Waals surface area contributed by atoms with Crippen molar-refractivity contribution < 1.29 is 23.6 Å². The number of likely N-dealkylation sites (tertiary alicyclic amines) is 1. The van der Waals surface area contributed by atoms with Gasteiger partial charge in [-0.15, -0.1) is 0 Å². The van der Waals surface area contributed by atoms with E-state index in [1.54, 1.807) is 0 Å². The monoisotopic (exact) mass is 428 g/mol. The number of nitro benzene ring substituents is 1. The number of rotatable bonds is 7. The van der Waals surface area contributed by atoms with Crippen molar-refractivity contribution in [3.05, 3.63) is 75.8 Å². The second-order valence-electron chi connectivity index (χ2n) is 7.67. The number of benzene rings is 2. The molecule has 7 nitrogen and oxygen atoms in total. The lowest BCUT2D eigenvalue weighted by Crippen LogP contribution is -2.36. The quantitative estimate of drug-likeness (QED) is 0.354. The molecule has 1 saturated heterocycles. The molecule has 0 N–H and O–H groups in total. The summed E-state index contributed by atoms with van der Waals surface area (Å²) in [6, 6.07) is 14.7. The van der Waals surface area contributed by atoms with Crippen LogP contribution in [-0.2, 0) is 11.3 Å². The lowest BCUT2D eigenvalue weighted by molar-refractivity contribution is -0.384. The number of ketones is 1. The summed E-state index contributed by atoms with van der Waals surface area (Å²) in [5.41, 5.74) is 1.14. The molecule has 0 aliphatic carbocycles. The van der Waals surface area contributed by atoms with Crippen molar-refractivity contribution in [2.45, 2.75) is 38.5 Å². The van der Waals surface area contributed by atoms with Crippen LogP contribution in [0, 0.1) is 16.0 Å². The van der Waals surface area contributed by atoms with Crippen molar-refractivity contribution in [1.82, 2.24) is 4.90 Å². The molecule has 0 radical (unpaired) electrons. The van der Waals surface area contributed by atoms with Gasteiger partial charge in [0.2, 0.25) is 0 Å². The Morgan fingerprint density at radius 2 is 1.84 bits per heavy atom. The van der Waals surface area contributed by atoms with E-state index in [0.717, 1.165) is 5.56 Å². The fraction of sp³-hybridized carbons (Fsp3) is 0.391. The van der Waals surface area contributed by atoms with Crippen LogP contribution < -0.4 is 0 Å². The summed E-state index contributed by atoms with van der Waals surface area (Å²) in [6.45, 7) is 0.766. The van der Waals surface area contributed by atoms with E-state index in [9.17, 15) is 24.1 Å². The highest BCUT2D eigenvalue weighted by atomic mass is 19.1. The smallest absolute Gasteiger partial charge is 0.410 e. The molecule has 3 rings (SSSR count). The van der Waals surface area contributed by atoms with Crippen LogP contribution in [0.2, 0.25) is 0 Å². The van der Waals surface area contributed by atoms with Crippen molar-refractivity contribution in [2.24, 2.45) is 5.92 Å². The van der Waals surface area contributed by atoms with Crippen molar-refractivity contribution in [3.63, 3.8) is 0 Å². The van der Waals surface area contributed by atoms with Gasteiger partial charge in [-0.05, 0) is 37.0 Å². The van der Waals surface area contributed by atoms with E-state index in [1.807, 2.05) is 30.3 Å². The van der Waals surface area contributed by atoms with E-state index in [-0.39, 0.29) is 31.0 Å². The number of halogens is 1. The number of carbonyl (C=O) groups excluding carboxylic acids is 2. The minimum Gasteiger partial charge on any atom is -0.445 e. The average molecular weight is 428 g/mol. The first-order chi connectivity index (χ1) is 14.9. The Balaban J connectivity index is 1.54. The van der Waals surface area contributed by atoms with E-state index in [1.165, 1.54) is 29.2 Å². The summed E-state index contributed by atoms with van der Waals surface area (Å²) in [7, 11) is 0. The molecule has 2 aromatic rings. The summed E-state index contributed by atoms with van der Waals surface area (Å²) in [5, 5.41) is 10.7. The van der Waals surface area contributed by atoms with Gasteiger partial charge in [0.1, 0.15) is 12.8 Å². The Morgan fingerprint density at radius 1 is 1.13 bits per heavy atom. The molecule has 0 spiro atoms. The molecular formula is C23H25FN2O5. The molecule has 1 amide bonds. The number of carbonyl (C=O) groups is 2. The molecule has 31 heavy (non-hydrogen) atoms. The van der Waals surface area contributed by atoms with Gasteiger partial charge in [0.15, 0.2) is 5.78 Å². The van der Waals surface area contributed by atoms with Gasteiger partial charge in [-0.1, -0.05) is 30.3 Å². The highest BCUT2D eigenvalue weighted by Crippen LogP contribution is 2.26. The summed E-state index contributed by atoms with van der Waals surface area (Å²) in [5.74, 6) is -0.668. The molecule has 1 aliphatic rings. The van der Waals surface area contributed by atoms with Crippen LogP contribution in [0.1, 0.15) is 41.6 Å². The molecule has 1 fully saturated rings. The van der Waals surface area contributed by atoms with E-state index in [4.69, 9.17) is 4.74 Å². The van der Waals surface area contributed by atoms with E-state index in [0.29, 0.717) is 31.4 Å². The average Bonchev–Trinajstić information content (AvgIpc) is 2.98. The fourth-order valence-electron chi connectivity index (χ4n) is 3.68. The molecule has 1 heterocycles. The Kier molecular flexibility index (Phi) is 7.70. The van der Waals surface area contributed by atoms with Gasteiger partial charge in [0, 0.05) is 43.1 Å². The second kappa shape index (κ2) is 10.7. The minimum absolute atomic E-state index is 0.0891. The predicted molar refractivity (Wildman–Crippen MR) is 112 cm³/mol. The van der Waals surface area contributed by atoms with Gasteiger partial charge >= 0.3 is 6.09 Å². The summed E-state index contributed by atoms with van der Waals surface area (Å²) in [4.78, 5) is 36.6. The Labute approximate surface area is 180 Å². The predicted octanol–water partition coefficient (Wildman–Crippen LogP) is 4.94. The van der Waals surface area contributed by atoms with E-state index in [2.05, 4.69) is 0 Å². The normalized spacial score (nSPS) is 18.8. The standard InChI is InChI=1S/C23H25FN2O5/c24-21-7-4-14-25(23(28)31-16-17-5-2-1-3-6-17)15-19(21)10-13-22(27)18-8-11-20(12-9-18)26(29)30/h1-3,5-6,8-9,11-12,19,21H,4,7,10,13-16H2/t19-,21+/m0/s1. The molecule has 2 aromatic carbocycles. The lowest BCUT2D eigenvalue weighted by atomic mass is 9.93. The van der Waals surface area contributed by atoms with Gasteiger partial charge in [0.25, 0.3) is 5.69 Å². The maximum atomic E-state index is 14.6. The molecule has 0 unspecified atom stereocenters. The van der Waals surface area contributed by atoms with Crippen LogP contribution in [0.5, 0.6) is 0 Å². The van der Waals surface area contributed by atoms with Crippen LogP contribution in [0.15, 0.2) is 54.6 Å². The van der Waals surface area contributed by atoms with Gasteiger partial charge in [-0.25, -0.2) is 9.18 Å². The van der Waals surface area contributed by atoms with Crippen LogP contribution in [0.3, 0.4) is 0 Å². The third-order valence-corrected chi connectivity index (χ3v) is 5.48. The largest absolute Gasteiger partial charge is 0.445 e. The molecule has 0 aromatic heterocycles. The molecule has 1 aliphatic heterocycles. The summed E-state index contributed by atoms with van der Waals surface area (Å²) in [6.07, 6.45) is -0.316. The number of hydrogen-bond acceptors (Lipinski definition) is 5. The zero-order valence-electron chi connectivity index (χ0n) is 17.1. The van der Waals surface area contributed by atoms with E-state index < -0.39 is 23.1 Å². The van der Waals surface area contributed by atoms with E-state index >= 15 is 0 Å². The highest BCUT2D eigenvalue weighted by Gasteiger charge is 2.30. The highest BCUT2D eigenvalue weighted by molar-refractivity contribution is 5.96. The topological polar surface area (TPSA) is 89.8 Å². The van der Waals surface area contributed by atoms with Gasteiger partial charge < -0.3 is 9.64 Å². The van der Waals surface area contributed by atoms with Gasteiger partial charge in [-0.2, -0.15) is 0 Å². The number of hydrogen-bond donors (Lipinski definition) is 0. The first-order valence-electron chi connectivity index (χ1n) is 10.3. The number of nitro groups is 1. The molecule has 0 saturated carbocycles. The maximum absolute atomic E-state index is 14.6. The zero-order valence-corrected chi connectivity index (χ0v) is 17.1. The minimum atomic E-state index is -1.10. The molecule has 164 valence electrons. The third kappa shape index (κ3) is 6.34.